The van der Waals surface area contributed by atoms with Crippen LogP contribution in [0, 0.1) is 0 Å². The van der Waals surface area contributed by atoms with E-state index in [0.29, 0.717) is 24.4 Å². The highest BCUT2D eigenvalue weighted by Gasteiger charge is 2.33. The number of hydrogen-bond acceptors (Lipinski definition) is 5. The molecule has 0 saturated heterocycles. The summed E-state index contributed by atoms with van der Waals surface area (Å²) in [5, 5.41) is 2.93. The van der Waals surface area contributed by atoms with Crippen molar-refractivity contribution in [2.45, 2.75) is 50.6 Å². The molecule has 214 valence electrons. The molecule has 1 N–H and O–H groups in total. The van der Waals surface area contributed by atoms with E-state index in [4.69, 9.17) is 4.74 Å². The van der Waals surface area contributed by atoms with Gasteiger partial charge in [0.1, 0.15) is 18.3 Å². The van der Waals surface area contributed by atoms with Crippen LogP contribution in [-0.2, 0) is 26.2 Å². The lowest BCUT2D eigenvalue weighted by atomic mass is 10.1. The van der Waals surface area contributed by atoms with Crippen LogP contribution in [0.5, 0.6) is 5.75 Å². The summed E-state index contributed by atoms with van der Waals surface area (Å²) in [4.78, 5) is 28.8. The number of nitrogens with zero attached hydrogens (tertiary/aromatic N) is 2. The lowest BCUT2D eigenvalue weighted by Crippen LogP contribution is -2.52. The molecule has 3 aromatic rings. The zero-order valence-electron chi connectivity index (χ0n) is 23.0. The summed E-state index contributed by atoms with van der Waals surface area (Å²) in [5.74, 6) is -0.0870. The summed E-state index contributed by atoms with van der Waals surface area (Å²) in [6.45, 7) is 4.03. The van der Waals surface area contributed by atoms with E-state index in [1.165, 1.54) is 17.0 Å². The molecule has 0 fully saturated rings. The number of anilines is 1. The van der Waals surface area contributed by atoms with Gasteiger partial charge in [0.05, 0.1) is 17.7 Å². The molecule has 0 radical (unpaired) electrons. The van der Waals surface area contributed by atoms with E-state index in [1.54, 1.807) is 61.7 Å². The summed E-state index contributed by atoms with van der Waals surface area (Å²) in [5.41, 5.74) is 1.13. The average Bonchev–Trinajstić information content (AvgIpc) is 2.97. The first-order valence-corrected chi connectivity index (χ1v) is 15.5. The third kappa shape index (κ3) is 8.08. The van der Waals surface area contributed by atoms with Gasteiger partial charge in [-0.2, -0.15) is 0 Å². The van der Waals surface area contributed by atoms with Crippen molar-refractivity contribution in [3.63, 3.8) is 0 Å². The molecule has 3 aromatic carbocycles. The fourth-order valence-electron chi connectivity index (χ4n) is 4.21. The van der Waals surface area contributed by atoms with Gasteiger partial charge >= 0.3 is 0 Å². The molecule has 2 amide bonds. The summed E-state index contributed by atoms with van der Waals surface area (Å²) in [6.07, 6.45) is 2.11. The van der Waals surface area contributed by atoms with Crippen LogP contribution < -0.4 is 14.4 Å². The van der Waals surface area contributed by atoms with Crippen molar-refractivity contribution in [1.29, 1.82) is 0 Å². The molecule has 10 heteroatoms. The van der Waals surface area contributed by atoms with Gasteiger partial charge < -0.3 is 15.0 Å². The number of hydrogen-bond donors (Lipinski definition) is 1. The highest BCUT2D eigenvalue weighted by molar-refractivity contribution is 9.10. The van der Waals surface area contributed by atoms with Crippen LogP contribution in [0.3, 0.4) is 0 Å². The van der Waals surface area contributed by atoms with E-state index in [-0.39, 0.29) is 17.3 Å². The second kappa shape index (κ2) is 14.9. The molecular formula is C30H36BrN3O5S. The molecule has 40 heavy (non-hydrogen) atoms. The van der Waals surface area contributed by atoms with Gasteiger partial charge in [-0.05, 0) is 66.9 Å². The van der Waals surface area contributed by atoms with Crippen LogP contribution in [0.4, 0.5) is 5.69 Å². The molecule has 0 aliphatic heterocycles. The Hall–Kier alpha value is -3.37. The number of ether oxygens (including phenoxy) is 1. The van der Waals surface area contributed by atoms with Crippen LogP contribution in [0.25, 0.3) is 0 Å². The molecular weight excluding hydrogens is 594 g/mol. The van der Waals surface area contributed by atoms with E-state index in [2.05, 4.69) is 21.2 Å². The maximum atomic E-state index is 14.0. The summed E-state index contributed by atoms with van der Waals surface area (Å²) in [6, 6.07) is 21.2. The van der Waals surface area contributed by atoms with Gasteiger partial charge in [0, 0.05) is 17.6 Å². The first kappa shape index (κ1) is 31.2. The number of sulfonamides is 1. The molecule has 1 unspecified atom stereocenters. The zero-order chi connectivity index (χ0) is 29.1. The van der Waals surface area contributed by atoms with Gasteiger partial charge in [-0.3, -0.25) is 13.9 Å². The molecule has 3 rings (SSSR count). The summed E-state index contributed by atoms with van der Waals surface area (Å²) in [7, 11) is -2.52. The van der Waals surface area contributed by atoms with Gasteiger partial charge in [-0.25, -0.2) is 8.42 Å². The standard InChI is InChI=1S/C30H36BrN3O5S/c1-4-6-20-32-30(36)28(5-2)33(21-23-12-18-26(39-3)19-13-23)29(35)22-34(25-16-14-24(31)15-17-25)40(37,38)27-10-8-7-9-11-27/h7-19,28H,4-6,20-22H2,1-3H3,(H,32,36). The normalized spacial score (nSPS) is 11.9. The second-order valence-electron chi connectivity index (χ2n) is 9.24. The highest BCUT2D eigenvalue weighted by Crippen LogP contribution is 2.26. The van der Waals surface area contributed by atoms with Crippen molar-refractivity contribution in [1.82, 2.24) is 10.2 Å². The summed E-state index contributed by atoms with van der Waals surface area (Å²) >= 11 is 3.38. The zero-order valence-corrected chi connectivity index (χ0v) is 25.4. The Morgan fingerprint density at radius 2 is 1.60 bits per heavy atom. The molecule has 1 atom stereocenters. The fourth-order valence-corrected chi connectivity index (χ4v) is 5.91. The quantitative estimate of drug-likeness (QED) is 0.242. The number of halogens is 1. The third-order valence-corrected chi connectivity index (χ3v) is 8.77. The Morgan fingerprint density at radius 1 is 0.950 bits per heavy atom. The minimum Gasteiger partial charge on any atom is -0.497 e. The first-order chi connectivity index (χ1) is 19.2. The first-order valence-electron chi connectivity index (χ1n) is 13.2. The maximum absolute atomic E-state index is 14.0. The minimum atomic E-state index is -4.09. The van der Waals surface area contributed by atoms with Crippen molar-refractivity contribution in [2.24, 2.45) is 0 Å². The Morgan fingerprint density at radius 3 is 2.17 bits per heavy atom. The van der Waals surface area contributed by atoms with E-state index in [9.17, 15) is 18.0 Å². The Kier molecular flexibility index (Phi) is 11.6. The van der Waals surface area contributed by atoms with Crippen LogP contribution in [0.15, 0.2) is 88.2 Å². The number of carbonyl (C=O) groups excluding carboxylic acids is 2. The summed E-state index contributed by atoms with van der Waals surface area (Å²) < 4.78 is 34.7. The van der Waals surface area contributed by atoms with Crippen LogP contribution in [-0.4, -0.2) is 51.4 Å². The number of nitrogens with one attached hydrogen (secondary N) is 1. The number of carbonyl (C=O) groups is 2. The van der Waals surface area contributed by atoms with Crippen molar-refractivity contribution in [3.05, 3.63) is 88.9 Å². The van der Waals surface area contributed by atoms with Crippen molar-refractivity contribution < 1.29 is 22.7 Å². The molecule has 0 bridgehead atoms. The Bertz CT molecular complexity index is 1350. The van der Waals surface area contributed by atoms with E-state index >= 15 is 0 Å². The molecule has 0 heterocycles. The van der Waals surface area contributed by atoms with Crippen molar-refractivity contribution >= 4 is 43.5 Å². The van der Waals surface area contributed by atoms with Gasteiger partial charge in [-0.15, -0.1) is 0 Å². The predicted molar refractivity (Wildman–Crippen MR) is 161 cm³/mol. The number of methoxy groups -OCH3 is 1. The lowest BCUT2D eigenvalue weighted by molar-refractivity contribution is -0.140. The smallest absolute Gasteiger partial charge is 0.264 e. The topological polar surface area (TPSA) is 96.0 Å². The van der Waals surface area contributed by atoms with E-state index in [1.807, 2.05) is 26.0 Å². The second-order valence-corrected chi connectivity index (χ2v) is 12.0. The predicted octanol–water partition coefficient (Wildman–Crippen LogP) is 5.38. The fraction of sp³-hybridized carbons (Fsp3) is 0.333. The minimum absolute atomic E-state index is 0.0665. The Labute approximate surface area is 245 Å². The highest BCUT2D eigenvalue weighted by atomic mass is 79.9. The van der Waals surface area contributed by atoms with Crippen LogP contribution >= 0.6 is 15.9 Å². The van der Waals surface area contributed by atoms with Gasteiger partial charge in [0.2, 0.25) is 11.8 Å². The molecule has 0 aromatic heterocycles. The van der Waals surface area contributed by atoms with E-state index < -0.39 is 28.5 Å². The number of amides is 2. The van der Waals surface area contributed by atoms with Gasteiger partial charge in [0.25, 0.3) is 10.0 Å². The van der Waals surface area contributed by atoms with Crippen LogP contribution in [0.2, 0.25) is 0 Å². The lowest BCUT2D eigenvalue weighted by Gasteiger charge is -2.33. The number of benzene rings is 3. The molecule has 0 aliphatic rings. The monoisotopic (exact) mass is 629 g/mol. The number of unbranched alkanes of at least 4 members (excludes halogenated alkanes) is 1. The Balaban J connectivity index is 2.01. The van der Waals surface area contributed by atoms with Crippen LogP contribution in [0.1, 0.15) is 38.7 Å². The van der Waals surface area contributed by atoms with Crippen molar-refractivity contribution in [2.75, 3.05) is 24.5 Å². The number of rotatable bonds is 14. The SMILES string of the molecule is CCCCNC(=O)C(CC)N(Cc1ccc(OC)cc1)C(=O)CN(c1ccc(Br)cc1)S(=O)(=O)c1ccccc1. The third-order valence-electron chi connectivity index (χ3n) is 6.45. The average molecular weight is 631 g/mol. The largest absolute Gasteiger partial charge is 0.497 e. The van der Waals surface area contributed by atoms with Gasteiger partial charge in [0.15, 0.2) is 0 Å². The van der Waals surface area contributed by atoms with Gasteiger partial charge in [-0.1, -0.05) is 66.5 Å². The molecule has 0 saturated carbocycles. The molecule has 0 spiro atoms. The van der Waals surface area contributed by atoms with E-state index in [0.717, 1.165) is 27.2 Å². The molecule has 0 aliphatic carbocycles. The molecule has 8 nitrogen and oxygen atoms in total. The van der Waals surface area contributed by atoms with Crippen molar-refractivity contribution in [3.8, 4) is 5.75 Å². The maximum Gasteiger partial charge on any atom is 0.264 e.